The molecular weight excluding hydrogens is 400 g/mol. The Morgan fingerprint density at radius 3 is 2.07 bits per heavy atom. The lowest BCUT2D eigenvalue weighted by Gasteiger charge is -2.33. The van der Waals surface area contributed by atoms with Gasteiger partial charge in [0, 0.05) is 13.0 Å². The molecule has 0 saturated carbocycles. The molecule has 12 heteroatoms. The van der Waals surface area contributed by atoms with Crippen LogP contribution in [-0.2, 0) is 29.5 Å². The standard InChI is InChI=1S/C15H25NO9P2/c1-3-24-26(19,20)15(18,27(21,22)25-4-2)10-11-16-14(17)23-12-13-8-6-5-7-9-13/h5-9,18H,3-4,10-12H2,1-2H3,(H,16,17)(H,19,20)(H,21,22). The summed E-state index contributed by atoms with van der Waals surface area (Å²) in [5.74, 6) is 0. The molecule has 2 atom stereocenters. The summed E-state index contributed by atoms with van der Waals surface area (Å²) < 4.78 is 38.7. The number of amides is 1. The highest BCUT2D eigenvalue weighted by Gasteiger charge is 2.61. The molecule has 0 spiro atoms. The van der Waals surface area contributed by atoms with E-state index in [1.165, 1.54) is 13.8 Å². The molecule has 1 aromatic carbocycles. The van der Waals surface area contributed by atoms with Crippen LogP contribution in [0.1, 0.15) is 25.8 Å². The van der Waals surface area contributed by atoms with E-state index in [0.717, 1.165) is 5.56 Å². The number of alkyl carbamates (subject to hydrolysis) is 1. The third kappa shape index (κ3) is 6.40. The summed E-state index contributed by atoms with van der Waals surface area (Å²) in [5.41, 5.74) is 0.747. The maximum atomic E-state index is 12.3. The minimum absolute atomic E-state index is 0.00812. The average Bonchev–Trinajstić information content (AvgIpc) is 2.60. The van der Waals surface area contributed by atoms with Crippen LogP contribution in [0, 0.1) is 0 Å². The van der Waals surface area contributed by atoms with Gasteiger partial charge >= 0.3 is 21.3 Å². The number of carbonyl (C=O) groups is 1. The highest BCUT2D eigenvalue weighted by atomic mass is 31.2. The van der Waals surface area contributed by atoms with Crippen molar-refractivity contribution in [2.75, 3.05) is 19.8 Å². The number of hydrogen-bond donors (Lipinski definition) is 4. The number of ether oxygens (including phenoxy) is 1. The third-order valence-electron chi connectivity index (χ3n) is 3.46. The van der Waals surface area contributed by atoms with Crippen LogP contribution in [0.25, 0.3) is 0 Å². The van der Waals surface area contributed by atoms with Gasteiger partial charge in [-0.2, -0.15) is 0 Å². The Labute approximate surface area is 157 Å². The van der Waals surface area contributed by atoms with Crippen LogP contribution in [0.15, 0.2) is 30.3 Å². The molecule has 0 radical (unpaired) electrons. The fourth-order valence-electron chi connectivity index (χ4n) is 2.11. The SMILES string of the molecule is CCOP(=O)(O)C(O)(CCNC(=O)OCc1ccccc1)P(=O)(O)OCC. The highest BCUT2D eigenvalue weighted by Crippen LogP contribution is 2.73. The van der Waals surface area contributed by atoms with Gasteiger partial charge in [-0.1, -0.05) is 30.3 Å². The molecule has 154 valence electrons. The molecule has 0 aliphatic heterocycles. The highest BCUT2D eigenvalue weighted by molar-refractivity contribution is 7.72. The molecule has 4 N–H and O–H groups in total. The number of benzene rings is 1. The van der Waals surface area contributed by atoms with Gasteiger partial charge in [0.1, 0.15) is 6.61 Å². The van der Waals surface area contributed by atoms with E-state index in [2.05, 4.69) is 14.4 Å². The first kappa shape index (κ1) is 23.8. The predicted octanol–water partition coefficient (Wildman–Crippen LogP) is 2.39. The Kier molecular flexibility index (Phi) is 9.11. The number of rotatable bonds is 11. The zero-order valence-corrected chi connectivity index (χ0v) is 16.9. The fraction of sp³-hybridized carbons (Fsp3) is 0.533. The van der Waals surface area contributed by atoms with E-state index in [-0.39, 0.29) is 19.8 Å². The largest absolute Gasteiger partial charge is 0.445 e. The van der Waals surface area contributed by atoms with Crippen molar-refractivity contribution < 1.29 is 42.6 Å². The number of carbonyl (C=O) groups excluding carboxylic acids is 1. The number of nitrogens with one attached hydrogen (secondary N) is 1. The first-order valence-corrected chi connectivity index (χ1v) is 11.4. The van der Waals surface area contributed by atoms with Crippen LogP contribution in [0.4, 0.5) is 4.79 Å². The monoisotopic (exact) mass is 425 g/mol. The summed E-state index contributed by atoms with van der Waals surface area (Å²) in [6, 6.07) is 8.85. The second-order valence-corrected chi connectivity index (χ2v) is 9.82. The number of hydrogen-bond acceptors (Lipinski definition) is 7. The van der Waals surface area contributed by atoms with Crippen molar-refractivity contribution in [1.29, 1.82) is 0 Å². The van der Waals surface area contributed by atoms with Gasteiger partial charge in [0.25, 0.3) is 5.08 Å². The van der Waals surface area contributed by atoms with Gasteiger partial charge in [0.05, 0.1) is 13.2 Å². The van der Waals surface area contributed by atoms with Crippen LogP contribution in [0.3, 0.4) is 0 Å². The van der Waals surface area contributed by atoms with Crippen molar-refractivity contribution in [2.45, 2.75) is 32.0 Å². The summed E-state index contributed by atoms with van der Waals surface area (Å²) in [7, 11) is -9.93. The van der Waals surface area contributed by atoms with E-state index < -0.39 is 39.3 Å². The smallest absolute Gasteiger partial charge is 0.407 e. The molecule has 1 aromatic rings. The fourth-order valence-corrected chi connectivity index (χ4v) is 5.63. The Bertz CT molecular complexity index is 672. The summed E-state index contributed by atoms with van der Waals surface area (Å²) >= 11 is 0. The van der Waals surface area contributed by atoms with Gasteiger partial charge in [0.15, 0.2) is 0 Å². The molecule has 0 heterocycles. The second-order valence-electron chi connectivity index (χ2n) is 5.39. The summed E-state index contributed by atoms with van der Waals surface area (Å²) in [5, 5.41) is 9.62. The second kappa shape index (κ2) is 10.3. The maximum Gasteiger partial charge on any atom is 0.407 e. The Hall–Kier alpha value is -1.25. The van der Waals surface area contributed by atoms with Crippen molar-refractivity contribution >= 4 is 21.3 Å². The molecule has 2 unspecified atom stereocenters. The number of aliphatic hydroxyl groups is 1. The predicted molar refractivity (Wildman–Crippen MR) is 97.1 cm³/mol. The van der Waals surface area contributed by atoms with Crippen LogP contribution in [0.5, 0.6) is 0 Å². The van der Waals surface area contributed by atoms with E-state index in [1.807, 2.05) is 6.07 Å². The molecule has 0 fully saturated rings. The summed E-state index contributed by atoms with van der Waals surface area (Å²) in [6.07, 6.45) is -1.63. The lowest BCUT2D eigenvalue weighted by molar-refractivity contribution is 0.0970. The lowest BCUT2D eigenvalue weighted by Crippen LogP contribution is -2.36. The minimum Gasteiger partial charge on any atom is -0.445 e. The van der Waals surface area contributed by atoms with Crippen molar-refractivity contribution in [3.05, 3.63) is 35.9 Å². The molecule has 0 saturated heterocycles. The van der Waals surface area contributed by atoms with Gasteiger partial charge in [0.2, 0.25) is 0 Å². The first-order chi connectivity index (χ1) is 12.6. The molecule has 0 aliphatic carbocycles. The van der Waals surface area contributed by atoms with Gasteiger partial charge < -0.3 is 34.0 Å². The van der Waals surface area contributed by atoms with Gasteiger partial charge in [-0.25, -0.2) is 4.79 Å². The van der Waals surface area contributed by atoms with E-state index in [1.54, 1.807) is 24.3 Å². The van der Waals surface area contributed by atoms with Crippen molar-refractivity contribution in [2.24, 2.45) is 0 Å². The zero-order chi connectivity index (χ0) is 20.6. The van der Waals surface area contributed by atoms with Gasteiger partial charge in [-0.05, 0) is 19.4 Å². The maximum absolute atomic E-state index is 12.3. The van der Waals surface area contributed by atoms with Crippen LogP contribution >= 0.6 is 15.2 Å². The molecule has 1 amide bonds. The third-order valence-corrected chi connectivity index (χ3v) is 8.45. The minimum atomic E-state index is -4.96. The Morgan fingerprint density at radius 1 is 1.07 bits per heavy atom. The molecular formula is C15H25NO9P2. The quantitative estimate of drug-likeness (QED) is 0.392. The first-order valence-electron chi connectivity index (χ1n) is 8.21. The summed E-state index contributed by atoms with van der Waals surface area (Å²) in [6.45, 7) is 1.76. The van der Waals surface area contributed by atoms with Gasteiger partial charge in [-0.3, -0.25) is 9.13 Å². The van der Waals surface area contributed by atoms with Gasteiger partial charge in [-0.15, -0.1) is 0 Å². The lowest BCUT2D eigenvalue weighted by atomic mass is 10.2. The topological polar surface area (TPSA) is 152 Å². The molecule has 0 aliphatic rings. The molecule has 10 nitrogen and oxygen atoms in total. The molecule has 1 rings (SSSR count). The molecule has 0 aromatic heterocycles. The van der Waals surface area contributed by atoms with E-state index in [0.29, 0.717) is 0 Å². The van der Waals surface area contributed by atoms with E-state index in [4.69, 9.17) is 4.74 Å². The van der Waals surface area contributed by atoms with E-state index in [9.17, 15) is 28.8 Å². The van der Waals surface area contributed by atoms with Crippen LogP contribution in [-0.4, -0.2) is 45.8 Å². The summed E-state index contributed by atoms with van der Waals surface area (Å²) in [4.78, 5) is 31.6. The Morgan fingerprint density at radius 2 is 1.59 bits per heavy atom. The zero-order valence-electron chi connectivity index (χ0n) is 15.1. The average molecular weight is 425 g/mol. The van der Waals surface area contributed by atoms with Crippen molar-refractivity contribution in [3.8, 4) is 0 Å². The van der Waals surface area contributed by atoms with Crippen molar-refractivity contribution in [1.82, 2.24) is 5.32 Å². The van der Waals surface area contributed by atoms with Crippen LogP contribution < -0.4 is 5.32 Å². The Balaban J connectivity index is 2.72. The van der Waals surface area contributed by atoms with Crippen LogP contribution in [0.2, 0.25) is 0 Å². The molecule has 0 bridgehead atoms. The van der Waals surface area contributed by atoms with E-state index >= 15 is 0 Å². The normalized spacial score (nSPS) is 18.0. The van der Waals surface area contributed by atoms with Crippen molar-refractivity contribution in [3.63, 3.8) is 0 Å². The molecule has 27 heavy (non-hydrogen) atoms.